The van der Waals surface area contributed by atoms with Crippen LogP contribution >= 0.6 is 0 Å². The van der Waals surface area contributed by atoms with E-state index in [0.717, 1.165) is 12.8 Å². The first-order valence-corrected chi connectivity index (χ1v) is 6.99. The van der Waals surface area contributed by atoms with Crippen LogP contribution in [0.5, 0.6) is 0 Å². The van der Waals surface area contributed by atoms with Gasteiger partial charge in [-0.05, 0) is 6.42 Å². The van der Waals surface area contributed by atoms with Crippen LogP contribution < -0.4 is 0 Å². The average molecular weight is 301 g/mol. The van der Waals surface area contributed by atoms with Crippen molar-refractivity contribution in [2.45, 2.75) is 84.0 Å². The van der Waals surface area contributed by atoms with E-state index in [1.165, 1.54) is 57.8 Å². The topological polar surface area (TPSA) is 37.3 Å². The van der Waals surface area contributed by atoms with Crippen molar-refractivity contribution < 1.29 is 9.90 Å². The fourth-order valence-corrected chi connectivity index (χ4v) is 1.94. The van der Waals surface area contributed by atoms with Crippen molar-refractivity contribution in [3.05, 3.63) is 0 Å². The molecule has 102 valence electrons. The summed E-state index contributed by atoms with van der Waals surface area (Å²) in [6.45, 7) is 2.25. The normalized spacial score (nSPS) is 9.94. The van der Waals surface area contributed by atoms with Gasteiger partial charge in [-0.2, -0.15) is 0 Å². The molecule has 0 bridgehead atoms. The van der Waals surface area contributed by atoms with Gasteiger partial charge < -0.3 is 5.11 Å². The Morgan fingerprint density at radius 3 is 1.47 bits per heavy atom. The number of carboxylic acids is 1. The van der Waals surface area contributed by atoms with Crippen molar-refractivity contribution in [2.75, 3.05) is 0 Å². The van der Waals surface area contributed by atoms with Gasteiger partial charge in [0.05, 0.1) is 0 Å². The molecule has 1 N–H and O–H groups in total. The summed E-state index contributed by atoms with van der Waals surface area (Å²) in [4.78, 5) is 10.3. The van der Waals surface area contributed by atoms with E-state index in [4.69, 9.17) is 5.11 Å². The summed E-state index contributed by atoms with van der Waals surface area (Å²) < 4.78 is 0. The number of unbranched alkanes of at least 4 members (excludes halogenated alkanes) is 10. The minimum atomic E-state index is -0.657. The number of aliphatic carboxylic acids is 1. The molecule has 0 aromatic rings. The van der Waals surface area contributed by atoms with Crippen LogP contribution in [0, 0.1) is 0 Å². The fourth-order valence-electron chi connectivity index (χ4n) is 1.94. The van der Waals surface area contributed by atoms with Crippen molar-refractivity contribution in [1.29, 1.82) is 0 Å². The van der Waals surface area contributed by atoms with Crippen molar-refractivity contribution in [2.24, 2.45) is 0 Å². The number of hydrogen-bond donors (Lipinski definition) is 1. The second kappa shape index (κ2) is 16.1. The third kappa shape index (κ3) is 18.7. The quantitative estimate of drug-likeness (QED) is 0.442. The summed E-state index contributed by atoms with van der Waals surface area (Å²) in [5, 5.41) is 8.46. The minimum absolute atomic E-state index is 0. The molecule has 0 radical (unpaired) electrons. The Labute approximate surface area is 120 Å². The molecular formula is C14H31GaO2. The summed E-state index contributed by atoms with van der Waals surface area (Å²) in [7, 11) is 0. The van der Waals surface area contributed by atoms with E-state index in [2.05, 4.69) is 6.92 Å². The van der Waals surface area contributed by atoms with Crippen LogP contribution in [0.15, 0.2) is 0 Å². The molecule has 0 fully saturated rings. The van der Waals surface area contributed by atoms with E-state index >= 15 is 0 Å². The second-order valence-electron chi connectivity index (χ2n) is 4.68. The molecule has 0 spiro atoms. The van der Waals surface area contributed by atoms with Crippen molar-refractivity contribution >= 4 is 25.8 Å². The van der Waals surface area contributed by atoms with E-state index in [-0.39, 0.29) is 19.8 Å². The molecule has 0 saturated carbocycles. The Balaban J connectivity index is 0. The molecule has 0 heterocycles. The third-order valence-corrected chi connectivity index (χ3v) is 2.99. The van der Waals surface area contributed by atoms with Gasteiger partial charge in [0.15, 0.2) is 0 Å². The Morgan fingerprint density at radius 1 is 0.765 bits per heavy atom. The molecule has 0 aromatic carbocycles. The predicted octanol–water partition coefficient (Wildman–Crippen LogP) is 3.59. The van der Waals surface area contributed by atoms with Gasteiger partial charge in [0.2, 0.25) is 0 Å². The summed E-state index contributed by atoms with van der Waals surface area (Å²) >= 11 is 0. The summed E-state index contributed by atoms with van der Waals surface area (Å²) in [6, 6.07) is 0. The molecule has 2 nitrogen and oxygen atoms in total. The van der Waals surface area contributed by atoms with Gasteiger partial charge in [-0.25, -0.2) is 0 Å². The predicted molar refractivity (Wildman–Crippen MR) is 78.7 cm³/mol. The van der Waals surface area contributed by atoms with Crippen LogP contribution in [-0.2, 0) is 4.79 Å². The molecule has 0 unspecified atom stereocenters. The zero-order valence-electron chi connectivity index (χ0n) is 10.8. The van der Waals surface area contributed by atoms with Crippen LogP contribution in [0.2, 0.25) is 0 Å². The molecule has 0 aliphatic carbocycles. The molecule has 0 atom stereocenters. The van der Waals surface area contributed by atoms with E-state index < -0.39 is 5.97 Å². The number of rotatable bonds is 12. The molecule has 3 heteroatoms. The average Bonchev–Trinajstić information content (AvgIpc) is 2.25. The van der Waals surface area contributed by atoms with Gasteiger partial charge in [0.1, 0.15) is 0 Å². The molecule has 0 aromatic heterocycles. The first-order chi connectivity index (χ1) is 7.77. The molecule has 17 heavy (non-hydrogen) atoms. The molecule has 0 amide bonds. The van der Waals surface area contributed by atoms with Gasteiger partial charge in [-0.1, -0.05) is 71.1 Å². The van der Waals surface area contributed by atoms with Gasteiger partial charge >= 0.3 is 25.8 Å². The third-order valence-electron chi connectivity index (χ3n) is 2.99. The van der Waals surface area contributed by atoms with Gasteiger partial charge in [0.25, 0.3) is 0 Å². The Hall–Kier alpha value is 0.106. The molecule has 0 rings (SSSR count). The summed E-state index contributed by atoms with van der Waals surface area (Å²) in [5.41, 5.74) is 0. The van der Waals surface area contributed by atoms with E-state index in [1.54, 1.807) is 0 Å². The van der Waals surface area contributed by atoms with Crippen LogP contribution in [0.25, 0.3) is 0 Å². The maximum atomic E-state index is 10.3. The maximum absolute atomic E-state index is 10.3. The van der Waals surface area contributed by atoms with Gasteiger partial charge in [0, 0.05) is 6.42 Å². The first-order valence-electron chi connectivity index (χ1n) is 6.99. The van der Waals surface area contributed by atoms with Crippen molar-refractivity contribution in [3.63, 3.8) is 0 Å². The van der Waals surface area contributed by atoms with E-state index in [0.29, 0.717) is 6.42 Å². The zero-order chi connectivity index (χ0) is 12.1. The van der Waals surface area contributed by atoms with Crippen LogP contribution in [0.1, 0.15) is 84.0 Å². The van der Waals surface area contributed by atoms with Crippen LogP contribution in [0.4, 0.5) is 0 Å². The van der Waals surface area contributed by atoms with Crippen molar-refractivity contribution in [1.82, 2.24) is 0 Å². The van der Waals surface area contributed by atoms with Crippen molar-refractivity contribution in [3.8, 4) is 0 Å². The Morgan fingerprint density at radius 2 is 1.12 bits per heavy atom. The number of carboxylic acid groups (broad SMARTS) is 1. The van der Waals surface area contributed by atoms with Gasteiger partial charge in [-0.15, -0.1) is 0 Å². The summed E-state index contributed by atoms with van der Waals surface area (Å²) in [6.07, 6.45) is 14.4. The molecule has 0 aliphatic rings. The fraction of sp³-hybridized carbons (Fsp3) is 0.929. The molecular weight excluding hydrogens is 270 g/mol. The van der Waals surface area contributed by atoms with E-state index in [9.17, 15) is 4.79 Å². The molecule has 0 saturated heterocycles. The van der Waals surface area contributed by atoms with Gasteiger partial charge in [-0.3, -0.25) is 4.79 Å². The molecule has 0 aliphatic heterocycles. The van der Waals surface area contributed by atoms with E-state index in [1.807, 2.05) is 0 Å². The standard InChI is InChI=1S/C14H28O2.Ga.3H/c1-2-3-4-5-6-7-8-9-10-11-12-13-14(15)16;;;;/h2-13H2,1H3,(H,15,16);;;;. The van der Waals surface area contributed by atoms with Crippen LogP contribution in [-0.4, -0.2) is 30.9 Å². The van der Waals surface area contributed by atoms with Crippen LogP contribution in [0.3, 0.4) is 0 Å². The Bertz CT molecular complexity index is 160. The summed E-state index contributed by atoms with van der Waals surface area (Å²) in [5.74, 6) is -0.657. The first kappa shape index (κ1) is 19.4. The number of carbonyl (C=O) groups is 1. The monoisotopic (exact) mass is 300 g/mol. The number of hydrogen-bond acceptors (Lipinski definition) is 1. The zero-order valence-corrected chi connectivity index (χ0v) is 10.8. The Kier molecular flexibility index (Phi) is 18.4. The SMILES string of the molecule is CCCCCCCCCCCCCC(=O)O.[GaH3]. The second-order valence-corrected chi connectivity index (χ2v) is 4.68.